The second-order valence-electron chi connectivity index (χ2n) is 3.30. The molecule has 0 aliphatic carbocycles. The highest BCUT2D eigenvalue weighted by Gasteiger charge is 2.28. The van der Waals surface area contributed by atoms with Gasteiger partial charge in [-0.1, -0.05) is 0 Å². The fourth-order valence-corrected chi connectivity index (χ4v) is 1.22. The molecule has 1 aliphatic heterocycles. The Morgan fingerprint density at radius 3 is 2.73 bits per heavy atom. The number of hydrogen-bond donors (Lipinski definition) is 4. The Balaban J connectivity index is 2.30. The molecule has 0 aromatic carbocycles. The molecule has 2 amide bonds. The van der Waals surface area contributed by atoms with Crippen molar-refractivity contribution in [2.24, 2.45) is 5.92 Å². The first-order valence-electron chi connectivity index (χ1n) is 4.46. The second-order valence-corrected chi connectivity index (χ2v) is 3.30. The van der Waals surface area contributed by atoms with Gasteiger partial charge in [-0.3, -0.25) is 9.59 Å². The number of aliphatic hydroxyl groups excluding tert-OH is 1. The molecule has 0 spiro atoms. The van der Waals surface area contributed by atoms with Gasteiger partial charge in [0.25, 0.3) is 0 Å². The van der Waals surface area contributed by atoms with E-state index in [1.165, 1.54) is 0 Å². The lowest BCUT2D eigenvalue weighted by Crippen LogP contribution is -2.39. The average molecular weight is 216 g/mol. The van der Waals surface area contributed by atoms with E-state index in [0.29, 0.717) is 0 Å². The normalized spacial score (nSPS) is 21.9. The van der Waals surface area contributed by atoms with Crippen LogP contribution in [-0.2, 0) is 14.4 Å². The Bertz CT molecular complexity index is 291. The summed E-state index contributed by atoms with van der Waals surface area (Å²) in [5, 5.41) is 22.0. The molecule has 0 aromatic heterocycles. The molecule has 0 radical (unpaired) electrons. The Hall–Kier alpha value is -1.63. The number of aliphatic carboxylic acids is 1. The minimum Gasteiger partial charge on any atom is -0.479 e. The summed E-state index contributed by atoms with van der Waals surface area (Å²) >= 11 is 0. The Kier molecular flexibility index (Phi) is 3.62. The van der Waals surface area contributed by atoms with Gasteiger partial charge in [0.15, 0.2) is 6.10 Å². The topological polar surface area (TPSA) is 116 Å². The summed E-state index contributed by atoms with van der Waals surface area (Å²) in [5.41, 5.74) is 0. The number of rotatable bonds is 4. The van der Waals surface area contributed by atoms with E-state index in [9.17, 15) is 14.4 Å². The molecule has 1 heterocycles. The first-order valence-corrected chi connectivity index (χ1v) is 4.46. The van der Waals surface area contributed by atoms with Crippen molar-refractivity contribution in [1.29, 1.82) is 0 Å². The zero-order chi connectivity index (χ0) is 11.4. The van der Waals surface area contributed by atoms with Crippen molar-refractivity contribution in [2.75, 3.05) is 13.1 Å². The molecular formula is C8H12N2O5. The second kappa shape index (κ2) is 4.74. The molecule has 7 nitrogen and oxygen atoms in total. The van der Waals surface area contributed by atoms with Gasteiger partial charge in [0.2, 0.25) is 11.8 Å². The molecule has 1 fully saturated rings. The van der Waals surface area contributed by atoms with Crippen LogP contribution in [0.3, 0.4) is 0 Å². The third-order valence-electron chi connectivity index (χ3n) is 2.10. The maximum Gasteiger partial charge on any atom is 0.334 e. The van der Waals surface area contributed by atoms with E-state index >= 15 is 0 Å². The Morgan fingerprint density at radius 2 is 2.27 bits per heavy atom. The fourth-order valence-electron chi connectivity index (χ4n) is 1.22. The molecule has 7 heteroatoms. The largest absolute Gasteiger partial charge is 0.479 e. The predicted octanol–water partition coefficient (Wildman–Crippen LogP) is -2.32. The lowest BCUT2D eigenvalue weighted by atomic mass is 10.1. The van der Waals surface area contributed by atoms with Crippen molar-refractivity contribution in [2.45, 2.75) is 12.5 Å². The van der Waals surface area contributed by atoms with E-state index in [1.54, 1.807) is 0 Å². The van der Waals surface area contributed by atoms with E-state index < -0.39 is 23.9 Å². The molecule has 4 N–H and O–H groups in total. The van der Waals surface area contributed by atoms with Crippen LogP contribution in [-0.4, -0.2) is 47.2 Å². The SMILES string of the molecule is O=C1CC(C(=O)NC[C@H](O)C(=O)O)CN1. The minimum atomic E-state index is -1.61. The molecule has 0 bridgehead atoms. The quantitative estimate of drug-likeness (QED) is 0.421. The van der Waals surface area contributed by atoms with Crippen LogP contribution in [0.1, 0.15) is 6.42 Å². The van der Waals surface area contributed by atoms with Crippen molar-refractivity contribution in [3.05, 3.63) is 0 Å². The zero-order valence-corrected chi connectivity index (χ0v) is 7.90. The summed E-state index contributed by atoms with van der Waals surface area (Å²) in [6, 6.07) is 0. The standard InChI is InChI=1S/C8H12N2O5/c11-5(8(14)15)3-10-7(13)4-1-6(12)9-2-4/h4-5,11H,1-3H2,(H,9,12)(H,10,13)(H,14,15)/t4?,5-/m0/s1. The fraction of sp³-hybridized carbons (Fsp3) is 0.625. The van der Waals surface area contributed by atoms with Crippen LogP contribution in [0.4, 0.5) is 0 Å². The smallest absolute Gasteiger partial charge is 0.334 e. The monoisotopic (exact) mass is 216 g/mol. The summed E-state index contributed by atoms with van der Waals surface area (Å²) in [7, 11) is 0. The van der Waals surface area contributed by atoms with Crippen LogP contribution in [0.15, 0.2) is 0 Å². The first kappa shape index (κ1) is 11.4. The number of hydrogen-bond acceptors (Lipinski definition) is 4. The Labute approximate surface area is 85.5 Å². The van der Waals surface area contributed by atoms with E-state index in [2.05, 4.69) is 10.6 Å². The van der Waals surface area contributed by atoms with E-state index in [1.807, 2.05) is 0 Å². The summed E-state index contributed by atoms with van der Waals surface area (Å²) in [5.74, 6) is -2.49. The summed E-state index contributed by atoms with van der Waals surface area (Å²) in [6.07, 6.45) is -1.51. The van der Waals surface area contributed by atoms with Crippen LogP contribution in [0.2, 0.25) is 0 Å². The van der Waals surface area contributed by atoms with Crippen molar-refractivity contribution >= 4 is 17.8 Å². The van der Waals surface area contributed by atoms with Crippen molar-refractivity contribution in [3.8, 4) is 0 Å². The van der Waals surface area contributed by atoms with Gasteiger partial charge < -0.3 is 20.8 Å². The number of carbonyl (C=O) groups is 3. The van der Waals surface area contributed by atoms with Crippen LogP contribution in [0.25, 0.3) is 0 Å². The van der Waals surface area contributed by atoms with E-state index in [-0.39, 0.29) is 25.4 Å². The summed E-state index contributed by atoms with van der Waals surface area (Å²) < 4.78 is 0. The van der Waals surface area contributed by atoms with Crippen LogP contribution in [0, 0.1) is 5.92 Å². The third-order valence-corrected chi connectivity index (χ3v) is 2.10. The molecular weight excluding hydrogens is 204 g/mol. The summed E-state index contributed by atoms with van der Waals surface area (Å²) in [4.78, 5) is 32.3. The molecule has 1 rings (SSSR count). The molecule has 2 atom stereocenters. The highest BCUT2D eigenvalue weighted by molar-refractivity contribution is 5.89. The van der Waals surface area contributed by atoms with Gasteiger partial charge in [-0.2, -0.15) is 0 Å². The third kappa shape index (κ3) is 3.21. The van der Waals surface area contributed by atoms with Gasteiger partial charge in [0, 0.05) is 13.0 Å². The molecule has 1 aliphatic rings. The number of amides is 2. The number of aliphatic hydroxyl groups is 1. The minimum absolute atomic E-state index is 0.106. The maximum atomic E-state index is 11.3. The molecule has 84 valence electrons. The number of carboxylic acid groups (broad SMARTS) is 1. The number of carbonyl (C=O) groups excluding carboxylic acids is 2. The molecule has 1 unspecified atom stereocenters. The van der Waals surface area contributed by atoms with Crippen LogP contribution in [0.5, 0.6) is 0 Å². The van der Waals surface area contributed by atoms with Gasteiger partial charge >= 0.3 is 5.97 Å². The highest BCUT2D eigenvalue weighted by Crippen LogP contribution is 2.08. The lowest BCUT2D eigenvalue weighted by molar-refractivity contribution is -0.146. The van der Waals surface area contributed by atoms with Crippen molar-refractivity contribution in [1.82, 2.24) is 10.6 Å². The van der Waals surface area contributed by atoms with Gasteiger partial charge in [-0.05, 0) is 0 Å². The van der Waals surface area contributed by atoms with Crippen LogP contribution < -0.4 is 10.6 Å². The lowest BCUT2D eigenvalue weighted by Gasteiger charge is -2.10. The first-order chi connectivity index (χ1) is 7.00. The molecule has 15 heavy (non-hydrogen) atoms. The van der Waals surface area contributed by atoms with E-state index in [0.717, 1.165) is 0 Å². The van der Waals surface area contributed by atoms with E-state index in [4.69, 9.17) is 10.2 Å². The molecule has 0 saturated carbocycles. The maximum absolute atomic E-state index is 11.3. The van der Waals surface area contributed by atoms with Gasteiger partial charge in [-0.15, -0.1) is 0 Å². The van der Waals surface area contributed by atoms with Crippen LogP contribution >= 0.6 is 0 Å². The number of nitrogens with one attached hydrogen (secondary N) is 2. The molecule has 1 saturated heterocycles. The van der Waals surface area contributed by atoms with Crippen molar-refractivity contribution in [3.63, 3.8) is 0 Å². The molecule has 0 aromatic rings. The zero-order valence-electron chi connectivity index (χ0n) is 7.90. The predicted molar refractivity (Wildman–Crippen MR) is 47.8 cm³/mol. The number of carboxylic acids is 1. The van der Waals surface area contributed by atoms with Gasteiger partial charge in [0.05, 0.1) is 12.5 Å². The van der Waals surface area contributed by atoms with Gasteiger partial charge in [0.1, 0.15) is 0 Å². The summed E-state index contributed by atoms with van der Waals surface area (Å²) in [6.45, 7) is -0.0906. The van der Waals surface area contributed by atoms with Gasteiger partial charge in [-0.25, -0.2) is 4.79 Å². The Morgan fingerprint density at radius 1 is 1.60 bits per heavy atom. The van der Waals surface area contributed by atoms with Crippen molar-refractivity contribution < 1.29 is 24.6 Å². The average Bonchev–Trinajstić information content (AvgIpc) is 2.60. The highest BCUT2D eigenvalue weighted by atomic mass is 16.4.